The molecule has 7 heteroatoms. The summed E-state index contributed by atoms with van der Waals surface area (Å²) in [6.45, 7) is 5.80. The lowest BCUT2D eigenvalue weighted by Gasteiger charge is -2.23. The molecule has 2 aliphatic heterocycles. The summed E-state index contributed by atoms with van der Waals surface area (Å²) in [5.74, 6) is 0.742. The molecule has 0 saturated carbocycles. The number of primary amides is 1. The third kappa shape index (κ3) is 3.67. The number of hydrogen-bond acceptors (Lipinski definition) is 5. The van der Waals surface area contributed by atoms with Gasteiger partial charge in [0.1, 0.15) is 0 Å². The Bertz CT molecular complexity index is 438. The molecule has 0 aromatic rings. The fourth-order valence-corrected chi connectivity index (χ4v) is 4.39. The first-order valence-corrected chi connectivity index (χ1v) is 8.64. The number of amides is 1. The molecule has 19 heavy (non-hydrogen) atoms. The highest BCUT2D eigenvalue weighted by Crippen LogP contribution is 2.31. The average molecular weight is 289 g/mol. The normalized spacial score (nSPS) is 31.5. The van der Waals surface area contributed by atoms with E-state index in [2.05, 4.69) is 17.1 Å². The SMILES string of the molecule is CC1C2CNCC2CN1CCS(=O)(=O)CCC(N)=O. The lowest BCUT2D eigenvalue weighted by molar-refractivity contribution is -0.117. The largest absolute Gasteiger partial charge is 0.370 e. The Hall–Kier alpha value is -0.660. The topological polar surface area (TPSA) is 92.5 Å². The third-order valence-corrected chi connectivity index (χ3v) is 6.04. The van der Waals surface area contributed by atoms with Gasteiger partial charge in [-0.15, -0.1) is 0 Å². The van der Waals surface area contributed by atoms with Crippen LogP contribution < -0.4 is 11.1 Å². The van der Waals surface area contributed by atoms with Gasteiger partial charge in [-0.1, -0.05) is 0 Å². The fraction of sp³-hybridized carbons (Fsp3) is 0.917. The van der Waals surface area contributed by atoms with Crippen LogP contribution in [0.25, 0.3) is 0 Å². The van der Waals surface area contributed by atoms with E-state index in [4.69, 9.17) is 5.73 Å². The van der Waals surface area contributed by atoms with Gasteiger partial charge in [0.2, 0.25) is 5.91 Å². The molecule has 2 aliphatic rings. The number of likely N-dealkylation sites (tertiary alicyclic amines) is 1. The van der Waals surface area contributed by atoms with E-state index in [1.54, 1.807) is 0 Å². The number of nitrogens with zero attached hydrogens (tertiary/aromatic N) is 1. The van der Waals surface area contributed by atoms with E-state index >= 15 is 0 Å². The van der Waals surface area contributed by atoms with E-state index in [1.165, 1.54) is 0 Å². The van der Waals surface area contributed by atoms with Gasteiger partial charge in [0.05, 0.1) is 11.5 Å². The minimum Gasteiger partial charge on any atom is -0.370 e. The van der Waals surface area contributed by atoms with Crippen molar-refractivity contribution in [2.24, 2.45) is 17.6 Å². The lowest BCUT2D eigenvalue weighted by Crippen LogP contribution is -2.37. The van der Waals surface area contributed by atoms with Crippen molar-refractivity contribution in [3.8, 4) is 0 Å². The number of fused-ring (bicyclic) bond motifs is 1. The first-order valence-electron chi connectivity index (χ1n) is 6.82. The molecule has 2 saturated heterocycles. The van der Waals surface area contributed by atoms with E-state index in [1.807, 2.05) is 0 Å². The van der Waals surface area contributed by atoms with Crippen molar-refractivity contribution in [1.82, 2.24) is 10.2 Å². The van der Waals surface area contributed by atoms with Crippen molar-refractivity contribution < 1.29 is 13.2 Å². The molecule has 1 amide bonds. The molecule has 2 rings (SSSR count). The summed E-state index contributed by atoms with van der Waals surface area (Å²) >= 11 is 0. The Kier molecular flexibility index (Phi) is 4.47. The van der Waals surface area contributed by atoms with Crippen molar-refractivity contribution in [1.29, 1.82) is 0 Å². The van der Waals surface area contributed by atoms with Gasteiger partial charge < -0.3 is 11.1 Å². The van der Waals surface area contributed by atoms with Gasteiger partial charge in [-0.25, -0.2) is 8.42 Å². The third-order valence-electron chi connectivity index (χ3n) is 4.41. The zero-order valence-corrected chi connectivity index (χ0v) is 12.2. The van der Waals surface area contributed by atoms with E-state index in [9.17, 15) is 13.2 Å². The summed E-state index contributed by atoms with van der Waals surface area (Å²) in [4.78, 5) is 12.9. The summed E-state index contributed by atoms with van der Waals surface area (Å²) in [7, 11) is -3.17. The summed E-state index contributed by atoms with van der Waals surface area (Å²) in [5, 5.41) is 3.38. The van der Waals surface area contributed by atoms with Crippen molar-refractivity contribution in [2.75, 3.05) is 37.7 Å². The second kappa shape index (κ2) is 5.76. The van der Waals surface area contributed by atoms with Crippen LogP contribution in [0.5, 0.6) is 0 Å². The minimum absolute atomic E-state index is 0.0763. The predicted molar refractivity (Wildman–Crippen MR) is 73.3 cm³/mol. The Morgan fingerprint density at radius 2 is 2.11 bits per heavy atom. The number of hydrogen-bond donors (Lipinski definition) is 2. The molecule has 3 N–H and O–H groups in total. The van der Waals surface area contributed by atoms with Gasteiger partial charge in [-0.2, -0.15) is 0 Å². The van der Waals surface area contributed by atoms with E-state index in [-0.39, 0.29) is 17.9 Å². The Balaban J connectivity index is 1.81. The van der Waals surface area contributed by atoms with Crippen molar-refractivity contribution >= 4 is 15.7 Å². The summed E-state index contributed by atoms with van der Waals surface area (Å²) in [5.41, 5.74) is 4.98. The highest BCUT2D eigenvalue weighted by Gasteiger charge is 2.41. The zero-order valence-electron chi connectivity index (χ0n) is 11.3. The second-order valence-electron chi connectivity index (χ2n) is 5.69. The van der Waals surface area contributed by atoms with Crippen LogP contribution in [0.4, 0.5) is 0 Å². The van der Waals surface area contributed by atoms with Gasteiger partial charge in [-0.05, 0) is 31.8 Å². The highest BCUT2D eigenvalue weighted by atomic mass is 32.2. The Morgan fingerprint density at radius 3 is 2.74 bits per heavy atom. The molecule has 3 unspecified atom stereocenters. The smallest absolute Gasteiger partial charge is 0.218 e. The zero-order chi connectivity index (χ0) is 14.0. The van der Waals surface area contributed by atoms with Crippen molar-refractivity contribution in [3.05, 3.63) is 0 Å². The van der Waals surface area contributed by atoms with Crippen LogP contribution in [0, 0.1) is 11.8 Å². The molecule has 0 aromatic carbocycles. The van der Waals surface area contributed by atoms with Gasteiger partial charge in [0.25, 0.3) is 0 Å². The van der Waals surface area contributed by atoms with Crippen LogP contribution in [0.3, 0.4) is 0 Å². The molecule has 3 atom stereocenters. The first-order chi connectivity index (χ1) is 8.89. The van der Waals surface area contributed by atoms with Gasteiger partial charge in [-0.3, -0.25) is 9.69 Å². The van der Waals surface area contributed by atoms with Crippen molar-refractivity contribution in [3.63, 3.8) is 0 Å². The van der Waals surface area contributed by atoms with Gasteiger partial charge in [0, 0.05) is 25.6 Å². The molecule has 0 aliphatic carbocycles. The predicted octanol–water partition coefficient (Wildman–Crippen LogP) is -1.18. The maximum Gasteiger partial charge on any atom is 0.218 e. The number of rotatable bonds is 6. The number of sulfone groups is 1. The molecule has 2 heterocycles. The second-order valence-corrected chi connectivity index (χ2v) is 7.99. The minimum atomic E-state index is -3.17. The molecule has 0 bridgehead atoms. The fourth-order valence-electron chi connectivity index (χ4n) is 3.17. The number of carbonyl (C=O) groups excluding carboxylic acids is 1. The number of nitrogens with one attached hydrogen (secondary N) is 1. The summed E-state index contributed by atoms with van der Waals surface area (Å²) in [6, 6.07) is 0.436. The maximum absolute atomic E-state index is 11.8. The Labute approximate surface area is 114 Å². The highest BCUT2D eigenvalue weighted by molar-refractivity contribution is 7.91. The number of nitrogens with two attached hydrogens (primary N) is 1. The molecular formula is C12H23N3O3S. The van der Waals surface area contributed by atoms with Crippen LogP contribution in [-0.4, -0.2) is 63.0 Å². The average Bonchev–Trinajstić information content (AvgIpc) is 2.88. The Morgan fingerprint density at radius 1 is 1.37 bits per heavy atom. The molecule has 2 fully saturated rings. The molecule has 110 valence electrons. The van der Waals surface area contributed by atoms with Crippen LogP contribution in [0.15, 0.2) is 0 Å². The maximum atomic E-state index is 11.8. The van der Waals surface area contributed by atoms with Crippen LogP contribution in [-0.2, 0) is 14.6 Å². The monoisotopic (exact) mass is 289 g/mol. The molecule has 0 aromatic heterocycles. The van der Waals surface area contributed by atoms with E-state index in [0.717, 1.165) is 19.6 Å². The van der Waals surface area contributed by atoms with Crippen LogP contribution >= 0.6 is 0 Å². The summed E-state index contributed by atoms with van der Waals surface area (Å²) < 4.78 is 23.6. The van der Waals surface area contributed by atoms with Crippen LogP contribution in [0.1, 0.15) is 13.3 Å². The van der Waals surface area contributed by atoms with Crippen molar-refractivity contribution in [2.45, 2.75) is 19.4 Å². The lowest BCUT2D eigenvalue weighted by atomic mass is 9.95. The quantitative estimate of drug-likeness (QED) is 0.642. The van der Waals surface area contributed by atoms with Crippen LogP contribution in [0.2, 0.25) is 0 Å². The molecule has 0 radical (unpaired) electrons. The van der Waals surface area contributed by atoms with Gasteiger partial charge in [0.15, 0.2) is 9.84 Å². The van der Waals surface area contributed by atoms with E-state index < -0.39 is 15.7 Å². The summed E-state index contributed by atoms with van der Waals surface area (Å²) in [6.07, 6.45) is -0.0763. The van der Waals surface area contributed by atoms with E-state index in [0.29, 0.717) is 24.4 Å². The molecule has 6 nitrogen and oxygen atoms in total. The number of carbonyl (C=O) groups is 1. The standard InChI is InChI=1S/C12H23N3O3S/c1-9-11-7-14-6-10(11)8-15(9)3-5-19(17,18)4-2-12(13)16/h9-11,14H,2-8H2,1H3,(H2,13,16). The first kappa shape index (κ1) is 14.7. The molecular weight excluding hydrogens is 266 g/mol. The van der Waals surface area contributed by atoms with Gasteiger partial charge >= 0.3 is 0 Å². The molecule has 0 spiro atoms.